The normalized spacial score (nSPS) is 19.2. The van der Waals surface area contributed by atoms with E-state index in [1.807, 2.05) is 7.05 Å². The Morgan fingerprint density at radius 1 is 1.23 bits per heavy atom. The zero-order valence-electron chi connectivity index (χ0n) is 8.85. The first-order valence-electron chi connectivity index (χ1n) is 5.66. The van der Waals surface area contributed by atoms with Crippen LogP contribution in [-0.2, 0) is 4.74 Å². The Labute approximate surface area is 82.0 Å². The Balaban J connectivity index is 1.86. The smallest absolute Gasteiger partial charge is 0.0494 e. The number of rotatable bonds is 6. The Morgan fingerprint density at radius 3 is 2.69 bits per heavy atom. The molecule has 1 saturated carbocycles. The summed E-state index contributed by atoms with van der Waals surface area (Å²) in [7, 11) is 1.99. The molecule has 0 radical (unpaired) electrons. The standard InChI is InChI=1S/C11H23NO/c1-12-8-5-9-13-10-11-6-3-2-4-7-11/h11-12H,2-10H2,1H3. The first-order chi connectivity index (χ1) is 6.43. The molecule has 0 bridgehead atoms. The molecule has 78 valence electrons. The lowest BCUT2D eigenvalue weighted by atomic mass is 9.90. The van der Waals surface area contributed by atoms with Crippen molar-refractivity contribution in [3.05, 3.63) is 0 Å². The first kappa shape index (κ1) is 11.0. The minimum Gasteiger partial charge on any atom is -0.381 e. The monoisotopic (exact) mass is 185 g/mol. The second-order valence-corrected chi connectivity index (χ2v) is 4.04. The van der Waals surface area contributed by atoms with Gasteiger partial charge in [0.2, 0.25) is 0 Å². The van der Waals surface area contributed by atoms with Gasteiger partial charge in [-0.05, 0) is 38.8 Å². The van der Waals surface area contributed by atoms with Crippen LogP contribution in [0.25, 0.3) is 0 Å². The number of hydrogen-bond donors (Lipinski definition) is 1. The number of hydrogen-bond acceptors (Lipinski definition) is 2. The zero-order valence-corrected chi connectivity index (χ0v) is 8.85. The second kappa shape index (κ2) is 7.34. The molecule has 1 aliphatic carbocycles. The molecule has 0 aliphatic heterocycles. The molecule has 0 spiro atoms. The van der Waals surface area contributed by atoms with E-state index in [1.54, 1.807) is 0 Å². The Kier molecular flexibility index (Phi) is 6.21. The predicted octanol–water partition coefficient (Wildman–Crippen LogP) is 2.19. The minimum absolute atomic E-state index is 0.864. The van der Waals surface area contributed by atoms with E-state index in [0.29, 0.717) is 0 Å². The van der Waals surface area contributed by atoms with Crippen molar-refractivity contribution in [3.8, 4) is 0 Å². The van der Waals surface area contributed by atoms with Crippen molar-refractivity contribution in [1.82, 2.24) is 5.32 Å². The molecule has 0 saturated heterocycles. The van der Waals surface area contributed by atoms with E-state index in [1.165, 1.54) is 32.1 Å². The molecule has 2 nitrogen and oxygen atoms in total. The maximum Gasteiger partial charge on any atom is 0.0494 e. The summed E-state index contributed by atoms with van der Waals surface area (Å²) >= 11 is 0. The maximum atomic E-state index is 5.64. The molecule has 0 aromatic carbocycles. The quantitative estimate of drug-likeness (QED) is 0.640. The average molecular weight is 185 g/mol. The summed E-state index contributed by atoms with van der Waals surface area (Å²) in [5, 5.41) is 3.13. The highest BCUT2D eigenvalue weighted by molar-refractivity contribution is 4.64. The lowest BCUT2D eigenvalue weighted by Gasteiger charge is -2.21. The summed E-state index contributed by atoms with van der Waals surface area (Å²) in [5.41, 5.74) is 0. The van der Waals surface area contributed by atoms with Gasteiger partial charge in [0.15, 0.2) is 0 Å². The van der Waals surface area contributed by atoms with Crippen LogP contribution < -0.4 is 5.32 Å². The third-order valence-corrected chi connectivity index (χ3v) is 2.79. The van der Waals surface area contributed by atoms with Gasteiger partial charge in [-0.1, -0.05) is 19.3 Å². The van der Waals surface area contributed by atoms with Crippen molar-refractivity contribution in [2.24, 2.45) is 5.92 Å². The van der Waals surface area contributed by atoms with Gasteiger partial charge in [0.05, 0.1) is 0 Å². The molecular weight excluding hydrogens is 162 g/mol. The van der Waals surface area contributed by atoms with Gasteiger partial charge in [0, 0.05) is 13.2 Å². The van der Waals surface area contributed by atoms with E-state index in [2.05, 4.69) is 5.32 Å². The van der Waals surface area contributed by atoms with Gasteiger partial charge in [-0.2, -0.15) is 0 Å². The van der Waals surface area contributed by atoms with Crippen LogP contribution >= 0.6 is 0 Å². The molecule has 0 atom stereocenters. The third-order valence-electron chi connectivity index (χ3n) is 2.79. The van der Waals surface area contributed by atoms with Crippen LogP contribution in [0.15, 0.2) is 0 Å². The molecule has 13 heavy (non-hydrogen) atoms. The van der Waals surface area contributed by atoms with Gasteiger partial charge < -0.3 is 10.1 Å². The zero-order chi connectivity index (χ0) is 9.36. The summed E-state index contributed by atoms with van der Waals surface area (Å²) in [5.74, 6) is 0.864. The van der Waals surface area contributed by atoms with Crippen LogP contribution in [0.5, 0.6) is 0 Å². The van der Waals surface area contributed by atoms with Gasteiger partial charge in [0.25, 0.3) is 0 Å². The lowest BCUT2D eigenvalue weighted by Crippen LogP contribution is -2.16. The molecule has 0 aromatic heterocycles. The molecule has 1 aliphatic rings. The fourth-order valence-corrected chi connectivity index (χ4v) is 1.95. The highest BCUT2D eigenvalue weighted by Crippen LogP contribution is 2.23. The highest BCUT2D eigenvalue weighted by Gasteiger charge is 2.12. The Morgan fingerprint density at radius 2 is 2.00 bits per heavy atom. The molecular formula is C11H23NO. The maximum absolute atomic E-state index is 5.64. The van der Waals surface area contributed by atoms with E-state index in [4.69, 9.17) is 4.74 Å². The second-order valence-electron chi connectivity index (χ2n) is 4.04. The van der Waals surface area contributed by atoms with Crippen LogP contribution in [0.4, 0.5) is 0 Å². The molecule has 1 fully saturated rings. The van der Waals surface area contributed by atoms with Gasteiger partial charge in [-0.25, -0.2) is 0 Å². The summed E-state index contributed by atoms with van der Waals surface area (Å²) < 4.78 is 5.64. The fourth-order valence-electron chi connectivity index (χ4n) is 1.95. The Hall–Kier alpha value is -0.0800. The molecule has 0 heterocycles. The topological polar surface area (TPSA) is 21.3 Å². The van der Waals surface area contributed by atoms with Gasteiger partial charge >= 0.3 is 0 Å². The summed E-state index contributed by atoms with van der Waals surface area (Å²) in [6.07, 6.45) is 8.21. The Bertz CT molecular complexity index is 111. The molecule has 2 heteroatoms. The third kappa shape index (κ3) is 5.27. The van der Waals surface area contributed by atoms with Crippen LogP contribution in [0.3, 0.4) is 0 Å². The van der Waals surface area contributed by atoms with Crippen molar-refractivity contribution >= 4 is 0 Å². The van der Waals surface area contributed by atoms with Crippen molar-refractivity contribution in [2.45, 2.75) is 38.5 Å². The van der Waals surface area contributed by atoms with Crippen LogP contribution in [0.1, 0.15) is 38.5 Å². The van der Waals surface area contributed by atoms with Crippen LogP contribution in [-0.4, -0.2) is 26.8 Å². The molecule has 1 rings (SSSR count). The van der Waals surface area contributed by atoms with Crippen molar-refractivity contribution < 1.29 is 4.74 Å². The largest absolute Gasteiger partial charge is 0.381 e. The summed E-state index contributed by atoms with van der Waals surface area (Å²) in [4.78, 5) is 0. The highest BCUT2D eigenvalue weighted by atomic mass is 16.5. The summed E-state index contributed by atoms with van der Waals surface area (Å²) in [6.45, 7) is 3.01. The fraction of sp³-hybridized carbons (Fsp3) is 1.00. The molecule has 0 unspecified atom stereocenters. The van der Waals surface area contributed by atoms with Gasteiger partial charge in [0.1, 0.15) is 0 Å². The molecule has 0 aromatic rings. The average Bonchev–Trinajstić information content (AvgIpc) is 2.19. The lowest BCUT2D eigenvalue weighted by molar-refractivity contribution is 0.0839. The molecule has 1 N–H and O–H groups in total. The van der Waals surface area contributed by atoms with E-state index >= 15 is 0 Å². The van der Waals surface area contributed by atoms with E-state index in [-0.39, 0.29) is 0 Å². The number of ether oxygens (including phenoxy) is 1. The summed E-state index contributed by atoms with van der Waals surface area (Å²) in [6, 6.07) is 0. The van der Waals surface area contributed by atoms with E-state index in [0.717, 1.165) is 32.1 Å². The van der Waals surface area contributed by atoms with Crippen molar-refractivity contribution in [3.63, 3.8) is 0 Å². The van der Waals surface area contributed by atoms with Crippen LogP contribution in [0.2, 0.25) is 0 Å². The molecule has 0 amide bonds. The van der Waals surface area contributed by atoms with E-state index in [9.17, 15) is 0 Å². The van der Waals surface area contributed by atoms with Gasteiger partial charge in [-0.3, -0.25) is 0 Å². The predicted molar refractivity (Wildman–Crippen MR) is 55.9 cm³/mol. The van der Waals surface area contributed by atoms with Crippen molar-refractivity contribution in [2.75, 3.05) is 26.8 Å². The van der Waals surface area contributed by atoms with Gasteiger partial charge in [-0.15, -0.1) is 0 Å². The van der Waals surface area contributed by atoms with Crippen molar-refractivity contribution in [1.29, 1.82) is 0 Å². The van der Waals surface area contributed by atoms with E-state index < -0.39 is 0 Å². The number of nitrogens with one attached hydrogen (secondary N) is 1. The minimum atomic E-state index is 0.864. The van der Waals surface area contributed by atoms with Crippen LogP contribution in [0, 0.1) is 5.92 Å². The first-order valence-corrected chi connectivity index (χ1v) is 5.66. The SMILES string of the molecule is CNCCCOCC1CCCCC1.